The number of amides is 2. The van der Waals surface area contributed by atoms with E-state index in [9.17, 15) is 23.2 Å². The van der Waals surface area contributed by atoms with Crippen molar-refractivity contribution in [2.45, 2.75) is 38.5 Å². The van der Waals surface area contributed by atoms with Gasteiger partial charge < -0.3 is 19.9 Å². The van der Waals surface area contributed by atoms with Gasteiger partial charge in [-0.3, -0.25) is 14.4 Å². The summed E-state index contributed by atoms with van der Waals surface area (Å²) in [6.07, 6.45) is 1.01. The van der Waals surface area contributed by atoms with Gasteiger partial charge in [0.05, 0.1) is 14.1 Å². The second-order valence-electron chi connectivity index (χ2n) is 8.53. The Morgan fingerprint density at radius 1 is 1.13 bits per heavy atom. The van der Waals surface area contributed by atoms with Crippen molar-refractivity contribution >= 4 is 30.8 Å². The Kier molecular flexibility index (Phi) is 6.75. The van der Waals surface area contributed by atoms with Crippen LogP contribution >= 0.6 is 0 Å². The summed E-state index contributed by atoms with van der Waals surface area (Å²) in [5.74, 6) is -3.34. The lowest BCUT2D eigenvalue weighted by Gasteiger charge is -2.30. The lowest BCUT2D eigenvalue weighted by atomic mass is 9.91. The number of hydrogen-bond acceptors (Lipinski definition) is 5. The summed E-state index contributed by atoms with van der Waals surface area (Å²) in [7, 11) is -2.26. The maximum Gasteiger partial charge on any atom is 0.290 e. The van der Waals surface area contributed by atoms with Gasteiger partial charge in [-0.05, 0) is 30.9 Å². The lowest BCUT2D eigenvalue weighted by molar-refractivity contribution is -0.120. The zero-order valence-corrected chi connectivity index (χ0v) is 18.5. The number of halogens is 2. The van der Waals surface area contributed by atoms with Gasteiger partial charge in [0.15, 0.2) is 0 Å². The number of nitrogens with one attached hydrogen (secondary N) is 3. The second kappa shape index (κ2) is 9.14. The minimum Gasteiger partial charge on any atom is -0.381 e. The fourth-order valence-electron chi connectivity index (χ4n) is 3.64. The van der Waals surface area contributed by atoms with Crippen LogP contribution in [0.3, 0.4) is 0 Å². The summed E-state index contributed by atoms with van der Waals surface area (Å²) in [5, 5.41) is 7.13. The number of ether oxygens (including phenoxy) is 1. The molecule has 1 unspecified atom stereocenters. The van der Waals surface area contributed by atoms with E-state index in [4.69, 9.17) is 9.26 Å². The molecule has 0 saturated carbocycles. The van der Waals surface area contributed by atoms with Crippen LogP contribution in [0.4, 0.5) is 14.5 Å². The monoisotopic (exact) mass is 453 g/mol. The Labute approximate surface area is 178 Å². The fourth-order valence-corrected chi connectivity index (χ4v) is 5.21. The Bertz CT molecular complexity index is 1000. The van der Waals surface area contributed by atoms with Crippen LogP contribution in [-0.4, -0.2) is 44.3 Å². The van der Waals surface area contributed by atoms with Gasteiger partial charge in [0, 0.05) is 24.1 Å². The van der Waals surface area contributed by atoms with Crippen LogP contribution in [0.2, 0.25) is 19.6 Å². The van der Waals surface area contributed by atoms with Crippen LogP contribution < -0.4 is 21.4 Å². The Balaban J connectivity index is 1.83. The maximum absolute atomic E-state index is 14.6. The fraction of sp³-hybridized carbons (Fsp3) is 0.450. The van der Waals surface area contributed by atoms with Crippen LogP contribution in [0, 0.1) is 17.6 Å². The van der Waals surface area contributed by atoms with E-state index in [1.807, 2.05) is 24.8 Å². The molecule has 168 valence electrons. The molecule has 1 saturated heterocycles. The molecule has 3 N–H and O–H groups in total. The predicted molar refractivity (Wildman–Crippen MR) is 112 cm³/mol. The number of hydrogen-bond donors (Lipinski definition) is 3. The van der Waals surface area contributed by atoms with Crippen LogP contribution in [0.15, 0.2) is 27.5 Å². The van der Waals surface area contributed by atoms with E-state index in [2.05, 4.69) is 10.6 Å². The average Bonchev–Trinajstić information content (AvgIpc) is 3.11. The summed E-state index contributed by atoms with van der Waals surface area (Å²) < 4.78 is 39.2. The van der Waals surface area contributed by atoms with Crippen LogP contribution in [0.5, 0.6) is 0 Å². The standard InChI is InChI=1S/C20H25F2N3O5Si/c1-31(2,3)18-13(21)8-12(9-14(18)22)23-20(28)17(11-4-6-29-7-5-11)24-19(27)15-10-16(26)25-30-15/h8-11,17H,4-7H2,1-3H3,(H,23,28)(H,24,27)(H,25,26). The molecule has 2 amide bonds. The molecule has 2 aromatic rings. The third-order valence-electron chi connectivity index (χ3n) is 5.11. The van der Waals surface area contributed by atoms with Crippen LogP contribution in [0.1, 0.15) is 23.4 Å². The highest BCUT2D eigenvalue weighted by Crippen LogP contribution is 2.22. The van der Waals surface area contributed by atoms with Gasteiger partial charge in [0.1, 0.15) is 17.7 Å². The van der Waals surface area contributed by atoms with E-state index < -0.39 is 43.1 Å². The molecule has 31 heavy (non-hydrogen) atoms. The van der Waals surface area contributed by atoms with Gasteiger partial charge in [0.25, 0.3) is 11.5 Å². The summed E-state index contributed by atoms with van der Waals surface area (Å²) in [5.41, 5.74) is -0.632. The zero-order chi connectivity index (χ0) is 22.8. The normalized spacial score (nSPS) is 16.0. The van der Waals surface area contributed by atoms with Gasteiger partial charge >= 0.3 is 0 Å². The molecule has 0 aliphatic carbocycles. The first-order valence-electron chi connectivity index (χ1n) is 9.94. The Morgan fingerprint density at radius 2 is 1.74 bits per heavy atom. The second-order valence-corrected chi connectivity index (χ2v) is 13.5. The molecule has 11 heteroatoms. The van der Waals surface area contributed by atoms with Crippen molar-refractivity contribution in [2.24, 2.45) is 5.92 Å². The summed E-state index contributed by atoms with van der Waals surface area (Å²) >= 11 is 0. The number of H-pyrrole nitrogens is 1. The van der Waals surface area contributed by atoms with E-state index in [0.717, 1.165) is 18.2 Å². The van der Waals surface area contributed by atoms with Crippen molar-refractivity contribution < 1.29 is 27.6 Å². The number of aromatic nitrogens is 1. The molecule has 3 rings (SSSR count). The molecule has 2 heterocycles. The van der Waals surface area contributed by atoms with Gasteiger partial charge in [0.2, 0.25) is 11.7 Å². The molecule has 1 atom stereocenters. The largest absolute Gasteiger partial charge is 0.381 e. The van der Waals surface area contributed by atoms with Crippen molar-refractivity contribution in [1.82, 2.24) is 10.5 Å². The topological polar surface area (TPSA) is 113 Å². The van der Waals surface area contributed by atoms with Crippen LogP contribution in [0.25, 0.3) is 0 Å². The molecule has 1 aliphatic rings. The highest BCUT2D eigenvalue weighted by molar-refractivity contribution is 6.88. The number of benzene rings is 1. The minimum absolute atomic E-state index is 0.0403. The summed E-state index contributed by atoms with van der Waals surface area (Å²) in [6, 6.07) is 2.12. The predicted octanol–water partition coefficient (Wildman–Crippen LogP) is 1.95. The van der Waals surface area contributed by atoms with E-state index in [1.54, 1.807) is 0 Å². The van der Waals surface area contributed by atoms with Gasteiger partial charge in [-0.15, -0.1) is 0 Å². The number of carbonyl (C=O) groups excluding carboxylic acids is 2. The molecule has 1 aromatic carbocycles. The lowest BCUT2D eigenvalue weighted by Crippen LogP contribution is -2.50. The van der Waals surface area contributed by atoms with Crippen molar-refractivity contribution in [2.75, 3.05) is 18.5 Å². The molecule has 0 spiro atoms. The number of anilines is 1. The third-order valence-corrected chi connectivity index (χ3v) is 7.09. The summed E-state index contributed by atoms with van der Waals surface area (Å²) in [6.45, 7) is 6.30. The number of aromatic amines is 1. The highest BCUT2D eigenvalue weighted by atomic mass is 28.3. The van der Waals surface area contributed by atoms with Crippen molar-refractivity contribution in [1.29, 1.82) is 0 Å². The average molecular weight is 454 g/mol. The highest BCUT2D eigenvalue weighted by Gasteiger charge is 2.33. The first kappa shape index (κ1) is 22.9. The smallest absolute Gasteiger partial charge is 0.290 e. The molecule has 0 bridgehead atoms. The van der Waals surface area contributed by atoms with E-state index in [-0.39, 0.29) is 22.6 Å². The molecule has 1 aliphatic heterocycles. The Hall–Kier alpha value is -2.79. The first-order chi connectivity index (χ1) is 14.6. The van der Waals surface area contributed by atoms with Gasteiger partial charge in [-0.25, -0.2) is 8.78 Å². The van der Waals surface area contributed by atoms with Crippen LogP contribution in [-0.2, 0) is 9.53 Å². The first-order valence-corrected chi connectivity index (χ1v) is 13.4. The number of carbonyl (C=O) groups is 2. The molecule has 0 radical (unpaired) electrons. The van der Waals surface area contributed by atoms with Crippen molar-refractivity contribution in [3.63, 3.8) is 0 Å². The molecule has 1 aromatic heterocycles. The molecular weight excluding hydrogens is 428 g/mol. The van der Waals surface area contributed by atoms with Gasteiger partial charge in [-0.1, -0.05) is 19.6 Å². The van der Waals surface area contributed by atoms with E-state index in [0.29, 0.717) is 26.1 Å². The van der Waals surface area contributed by atoms with E-state index in [1.165, 1.54) is 0 Å². The van der Waals surface area contributed by atoms with E-state index >= 15 is 0 Å². The maximum atomic E-state index is 14.6. The zero-order valence-electron chi connectivity index (χ0n) is 17.5. The van der Waals surface area contributed by atoms with Crippen molar-refractivity contribution in [3.8, 4) is 0 Å². The summed E-state index contributed by atoms with van der Waals surface area (Å²) in [4.78, 5) is 36.7. The minimum atomic E-state index is -2.26. The number of rotatable bonds is 6. The SMILES string of the molecule is C[Si](C)(C)c1c(F)cc(NC(=O)C(NC(=O)c2cc(=O)[nH]o2)C2CCOCC2)cc1F. The van der Waals surface area contributed by atoms with Crippen molar-refractivity contribution in [3.05, 3.63) is 45.9 Å². The Morgan fingerprint density at radius 3 is 2.26 bits per heavy atom. The van der Waals surface area contributed by atoms with Gasteiger partial charge in [-0.2, -0.15) is 5.16 Å². The third kappa shape index (κ3) is 5.47. The quantitative estimate of drug-likeness (QED) is 0.579. The molecular formula is C20H25F2N3O5Si. The molecule has 8 nitrogen and oxygen atoms in total. The molecule has 1 fully saturated rings.